The molecule has 1 heterocycles. The zero-order valence-electron chi connectivity index (χ0n) is 11.8. The first-order valence-corrected chi connectivity index (χ1v) is 6.75. The van der Waals surface area contributed by atoms with Gasteiger partial charge in [0, 0.05) is 11.1 Å². The molecule has 0 aliphatic carbocycles. The van der Waals surface area contributed by atoms with Crippen molar-refractivity contribution in [3.63, 3.8) is 0 Å². The molecule has 3 aromatic rings. The number of rotatable bonds is 3. The number of carboxylic acids is 1. The second-order valence-corrected chi connectivity index (χ2v) is 5.14. The van der Waals surface area contributed by atoms with Crippen LogP contribution in [0.3, 0.4) is 0 Å². The lowest BCUT2D eigenvalue weighted by molar-refractivity contribution is -0.138. The molecule has 4 heteroatoms. The number of hydrogen-bond acceptors (Lipinski definition) is 3. The number of aromatic nitrogens is 1. The summed E-state index contributed by atoms with van der Waals surface area (Å²) in [5.74, 6) is -1.00. The molecule has 1 atom stereocenters. The lowest BCUT2D eigenvalue weighted by Gasteiger charge is -2.05. The molecule has 0 amide bonds. The summed E-state index contributed by atoms with van der Waals surface area (Å²) < 4.78 is 5.82. The fourth-order valence-corrected chi connectivity index (χ4v) is 2.26. The van der Waals surface area contributed by atoms with Gasteiger partial charge in [-0.15, -0.1) is 0 Å². The summed E-state index contributed by atoms with van der Waals surface area (Å²) in [7, 11) is 0. The van der Waals surface area contributed by atoms with Gasteiger partial charge in [0.15, 0.2) is 5.58 Å². The number of benzene rings is 2. The van der Waals surface area contributed by atoms with Crippen molar-refractivity contribution in [1.82, 2.24) is 4.98 Å². The minimum Gasteiger partial charge on any atom is -0.481 e. The van der Waals surface area contributed by atoms with Crippen molar-refractivity contribution in [3.8, 4) is 11.5 Å². The molecule has 3 rings (SSSR count). The van der Waals surface area contributed by atoms with Crippen LogP contribution in [-0.4, -0.2) is 16.1 Å². The minimum absolute atomic E-state index is 0.509. The molecule has 2 aromatic carbocycles. The number of nitrogens with zero attached hydrogens (tertiary/aromatic N) is 1. The van der Waals surface area contributed by atoms with Gasteiger partial charge in [-0.1, -0.05) is 29.8 Å². The summed E-state index contributed by atoms with van der Waals surface area (Å²) in [4.78, 5) is 15.7. The molecular weight excluding hydrogens is 266 g/mol. The predicted molar refractivity (Wildman–Crippen MR) is 80.2 cm³/mol. The molecule has 1 N–H and O–H groups in total. The standard InChI is InChI=1S/C17H15NO3/c1-10-6-8-12(9-7-10)16-18-14-5-3-4-13(15(14)21-16)11(2)17(19)20/h3-9,11H,1-2H3,(H,19,20)/t11-/m0/s1. The molecule has 4 nitrogen and oxygen atoms in total. The highest BCUT2D eigenvalue weighted by Crippen LogP contribution is 2.30. The van der Waals surface area contributed by atoms with Gasteiger partial charge in [-0.3, -0.25) is 4.79 Å². The Labute approximate surface area is 122 Å². The number of fused-ring (bicyclic) bond motifs is 1. The summed E-state index contributed by atoms with van der Waals surface area (Å²) >= 11 is 0. The quantitative estimate of drug-likeness (QED) is 0.788. The second-order valence-electron chi connectivity index (χ2n) is 5.14. The Bertz CT molecular complexity index is 803. The monoisotopic (exact) mass is 281 g/mol. The van der Waals surface area contributed by atoms with E-state index in [-0.39, 0.29) is 0 Å². The molecule has 0 fully saturated rings. The number of aliphatic carboxylic acids is 1. The molecule has 0 aliphatic rings. The van der Waals surface area contributed by atoms with Crippen molar-refractivity contribution in [2.75, 3.05) is 0 Å². The van der Waals surface area contributed by atoms with Crippen LogP contribution in [0.5, 0.6) is 0 Å². The van der Waals surface area contributed by atoms with Crippen LogP contribution in [0.25, 0.3) is 22.6 Å². The Morgan fingerprint density at radius 2 is 1.90 bits per heavy atom. The van der Waals surface area contributed by atoms with E-state index < -0.39 is 11.9 Å². The van der Waals surface area contributed by atoms with Gasteiger partial charge in [-0.25, -0.2) is 4.98 Å². The molecule has 0 unspecified atom stereocenters. The number of carbonyl (C=O) groups is 1. The van der Waals surface area contributed by atoms with Gasteiger partial charge >= 0.3 is 5.97 Å². The summed E-state index contributed by atoms with van der Waals surface area (Å²) in [6.45, 7) is 3.66. The van der Waals surface area contributed by atoms with Crippen LogP contribution in [0.1, 0.15) is 24.0 Å². The van der Waals surface area contributed by atoms with Crippen LogP contribution >= 0.6 is 0 Å². The number of hydrogen-bond donors (Lipinski definition) is 1. The van der Waals surface area contributed by atoms with Crippen LogP contribution in [-0.2, 0) is 4.79 Å². The lowest BCUT2D eigenvalue weighted by Crippen LogP contribution is -2.07. The maximum absolute atomic E-state index is 11.2. The number of aryl methyl sites for hydroxylation is 1. The van der Waals surface area contributed by atoms with Gasteiger partial charge in [0.05, 0.1) is 5.92 Å². The fourth-order valence-electron chi connectivity index (χ4n) is 2.26. The van der Waals surface area contributed by atoms with Crippen molar-refractivity contribution in [2.24, 2.45) is 0 Å². The molecule has 106 valence electrons. The number of oxazole rings is 1. The Hall–Kier alpha value is -2.62. The van der Waals surface area contributed by atoms with E-state index in [0.717, 1.165) is 11.1 Å². The van der Waals surface area contributed by atoms with E-state index >= 15 is 0 Å². The van der Waals surface area contributed by atoms with Gasteiger partial charge in [0.1, 0.15) is 5.52 Å². The van der Waals surface area contributed by atoms with E-state index in [4.69, 9.17) is 4.42 Å². The summed E-state index contributed by atoms with van der Waals surface area (Å²) in [5, 5.41) is 9.19. The van der Waals surface area contributed by atoms with Crippen molar-refractivity contribution in [3.05, 3.63) is 53.6 Å². The fraction of sp³-hybridized carbons (Fsp3) is 0.176. The van der Waals surface area contributed by atoms with Crippen LogP contribution in [0.15, 0.2) is 46.9 Å². The van der Waals surface area contributed by atoms with Gasteiger partial charge < -0.3 is 9.52 Å². The first kappa shape index (κ1) is 13.4. The first-order chi connectivity index (χ1) is 10.1. The molecule has 0 spiro atoms. The average molecular weight is 281 g/mol. The smallest absolute Gasteiger partial charge is 0.310 e. The number of para-hydroxylation sites is 1. The van der Waals surface area contributed by atoms with E-state index in [2.05, 4.69) is 4.98 Å². The molecule has 0 saturated heterocycles. The van der Waals surface area contributed by atoms with E-state index in [0.29, 0.717) is 22.6 Å². The third-order valence-electron chi connectivity index (χ3n) is 3.58. The van der Waals surface area contributed by atoms with Crippen LogP contribution in [0.4, 0.5) is 0 Å². The van der Waals surface area contributed by atoms with Gasteiger partial charge in [0.25, 0.3) is 0 Å². The van der Waals surface area contributed by atoms with Crippen LogP contribution in [0, 0.1) is 6.92 Å². The summed E-state index contributed by atoms with van der Waals surface area (Å²) in [5.41, 5.74) is 3.91. The van der Waals surface area contributed by atoms with Crippen LogP contribution in [0.2, 0.25) is 0 Å². The first-order valence-electron chi connectivity index (χ1n) is 6.75. The molecule has 1 aromatic heterocycles. The molecule has 0 aliphatic heterocycles. The van der Waals surface area contributed by atoms with Crippen LogP contribution < -0.4 is 0 Å². The highest BCUT2D eigenvalue weighted by Gasteiger charge is 2.20. The van der Waals surface area contributed by atoms with E-state index in [1.807, 2.05) is 37.3 Å². The normalized spacial score (nSPS) is 12.5. The second kappa shape index (κ2) is 5.05. The summed E-state index contributed by atoms with van der Waals surface area (Å²) in [6, 6.07) is 13.3. The van der Waals surface area contributed by atoms with Gasteiger partial charge in [-0.05, 0) is 32.0 Å². The Morgan fingerprint density at radius 1 is 1.19 bits per heavy atom. The zero-order chi connectivity index (χ0) is 15.0. The van der Waals surface area contributed by atoms with Crippen molar-refractivity contribution in [2.45, 2.75) is 19.8 Å². The predicted octanol–water partition coefficient (Wildman–Crippen LogP) is 3.99. The molecule has 0 radical (unpaired) electrons. The lowest BCUT2D eigenvalue weighted by atomic mass is 10.0. The maximum Gasteiger partial charge on any atom is 0.310 e. The Morgan fingerprint density at radius 3 is 2.57 bits per heavy atom. The summed E-state index contributed by atoms with van der Waals surface area (Å²) in [6.07, 6.45) is 0. The highest BCUT2D eigenvalue weighted by atomic mass is 16.4. The Kier molecular flexibility index (Phi) is 3.22. The third kappa shape index (κ3) is 2.40. The van der Waals surface area contributed by atoms with Crippen molar-refractivity contribution >= 4 is 17.1 Å². The van der Waals surface area contributed by atoms with Crippen molar-refractivity contribution in [1.29, 1.82) is 0 Å². The molecule has 21 heavy (non-hydrogen) atoms. The number of carboxylic acid groups (broad SMARTS) is 1. The minimum atomic E-state index is -0.879. The van der Waals surface area contributed by atoms with E-state index in [1.54, 1.807) is 19.1 Å². The Balaban J connectivity index is 2.14. The maximum atomic E-state index is 11.2. The molecule has 0 saturated carbocycles. The molecule has 0 bridgehead atoms. The zero-order valence-corrected chi connectivity index (χ0v) is 11.8. The van der Waals surface area contributed by atoms with Crippen molar-refractivity contribution < 1.29 is 14.3 Å². The molecular formula is C17H15NO3. The SMILES string of the molecule is Cc1ccc(-c2nc3cccc([C@H](C)C(=O)O)c3o2)cc1. The van der Waals surface area contributed by atoms with Gasteiger partial charge in [0.2, 0.25) is 5.89 Å². The average Bonchev–Trinajstić information content (AvgIpc) is 2.90. The van der Waals surface area contributed by atoms with E-state index in [1.165, 1.54) is 0 Å². The topological polar surface area (TPSA) is 63.3 Å². The largest absolute Gasteiger partial charge is 0.481 e. The third-order valence-corrected chi connectivity index (χ3v) is 3.58. The highest BCUT2D eigenvalue weighted by molar-refractivity contribution is 5.86. The van der Waals surface area contributed by atoms with Gasteiger partial charge in [-0.2, -0.15) is 0 Å². The van der Waals surface area contributed by atoms with E-state index in [9.17, 15) is 9.90 Å².